The van der Waals surface area contributed by atoms with Crippen molar-refractivity contribution in [2.45, 2.75) is 23.5 Å². The fraction of sp³-hybridized carbons (Fsp3) is 0.273. The van der Waals surface area contributed by atoms with Crippen molar-refractivity contribution in [3.8, 4) is 0 Å². The lowest BCUT2D eigenvalue weighted by molar-refractivity contribution is -0.136. The second-order valence-electron chi connectivity index (χ2n) is 3.38. The highest BCUT2D eigenvalue weighted by Crippen LogP contribution is 2.23. The van der Waals surface area contributed by atoms with Gasteiger partial charge in [0.2, 0.25) is 5.91 Å². The Balaban J connectivity index is 2.64. The highest BCUT2D eigenvalue weighted by atomic mass is 32.2. The summed E-state index contributed by atoms with van der Waals surface area (Å²) in [5.41, 5.74) is 5.88. The van der Waals surface area contributed by atoms with Gasteiger partial charge in [-0.2, -0.15) is 0 Å². The van der Waals surface area contributed by atoms with E-state index in [9.17, 15) is 9.59 Å². The molecule has 0 heterocycles. The van der Waals surface area contributed by atoms with Crippen LogP contribution in [0.3, 0.4) is 0 Å². The van der Waals surface area contributed by atoms with Gasteiger partial charge in [-0.25, -0.2) is 0 Å². The minimum atomic E-state index is -0.856. The molecule has 0 radical (unpaired) electrons. The van der Waals surface area contributed by atoms with Crippen LogP contribution in [-0.2, 0) is 16.0 Å². The minimum absolute atomic E-state index is 0.0102. The summed E-state index contributed by atoms with van der Waals surface area (Å²) in [5.74, 6) is -1.22. The molecule has 1 aromatic rings. The second kappa shape index (κ2) is 5.55. The average Bonchev–Trinajstić information content (AvgIpc) is 2.20. The van der Waals surface area contributed by atoms with Crippen molar-refractivity contribution in [1.82, 2.24) is 0 Å². The number of hydrogen-bond donors (Lipinski definition) is 2. The first-order valence-electron chi connectivity index (χ1n) is 4.75. The maximum atomic E-state index is 10.8. The quantitative estimate of drug-likeness (QED) is 0.758. The number of nitrogens with two attached hydrogens (primary N) is 1. The molecule has 0 aliphatic heterocycles. The average molecular weight is 239 g/mol. The van der Waals surface area contributed by atoms with E-state index in [4.69, 9.17) is 10.8 Å². The summed E-state index contributed by atoms with van der Waals surface area (Å²) in [4.78, 5) is 22.2. The summed E-state index contributed by atoms with van der Waals surface area (Å²) in [6.45, 7) is 1.73. The van der Waals surface area contributed by atoms with Gasteiger partial charge in [0.05, 0.1) is 11.7 Å². The van der Waals surface area contributed by atoms with Crippen molar-refractivity contribution in [2.24, 2.45) is 5.73 Å². The number of carboxylic acid groups (broad SMARTS) is 1. The van der Waals surface area contributed by atoms with Crippen LogP contribution in [0.1, 0.15) is 12.5 Å². The molecule has 3 N–H and O–H groups in total. The third-order valence-electron chi connectivity index (χ3n) is 1.99. The first-order chi connectivity index (χ1) is 7.49. The third kappa shape index (κ3) is 3.94. The monoisotopic (exact) mass is 239 g/mol. The summed E-state index contributed by atoms with van der Waals surface area (Å²) < 4.78 is 0. The van der Waals surface area contributed by atoms with Gasteiger partial charge in [0.25, 0.3) is 0 Å². The van der Waals surface area contributed by atoms with Crippen LogP contribution in [0.25, 0.3) is 0 Å². The largest absolute Gasteiger partial charge is 0.481 e. The Morgan fingerprint density at radius 2 is 1.94 bits per heavy atom. The topological polar surface area (TPSA) is 80.4 Å². The molecule has 1 rings (SSSR count). The zero-order valence-electron chi connectivity index (χ0n) is 8.84. The summed E-state index contributed by atoms with van der Waals surface area (Å²) in [7, 11) is 0. The molecule has 1 unspecified atom stereocenters. The first kappa shape index (κ1) is 12.6. The molecule has 0 bridgehead atoms. The molecule has 1 atom stereocenters. The maximum Gasteiger partial charge on any atom is 0.307 e. The Morgan fingerprint density at radius 3 is 2.38 bits per heavy atom. The number of thioether (sulfide) groups is 1. The Bertz CT molecular complexity index is 389. The van der Waals surface area contributed by atoms with Crippen molar-refractivity contribution in [1.29, 1.82) is 0 Å². The van der Waals surface area contributed by atoms with Crippen molar-refractivity contribution >= 4 is 23.6 Å². The van der Waals surface area contributed by atoms with E-state index in [1.54, 1.807) is 31.2 Å². The van der Waals surface area contributed by atoms with Crippen LogP contribution in [0, 0.1) is 0 Å². The molecule has 0 aromatic heterocycles. The van der Waals surface area contributed by atoms with E-state index in [1.165, 1.54) is 11.8 Å². The predicted molar refractivity (Wildman–Crippen MR) is 62.3 cm³/mol. The molecular weight excluding hydrogens is 226 g/mol. The first-order valence-corrected chi connectivity index (χ1v) is 5.63. The number of benzene rings is 1. The summed E-state index contributed by atoms with van der Waals surface area (Å²) in [6.07, 6.45) is 0.0102. The van der Waals surface area contributed by atoms with Crippen molar-refractivity contribution in [2.75, 3.05) is 0 Å². The van der Waals surface area contributed by atoms with Crippen molar-refractivity contribution < 1.29 is 14.7 Å². The molecule has 1 aromatic carbocycles. The van der Waals surface area contributed by atoms with E-state index in [-0.39, 0.29) is 17.6 Å². The molecule has 5 heteroatoms. The van der Waals surface area contributed by atoms with Gasteiger partial charge >= 0.3 is 5.97 Å². The van der Waals surface area contributed by atoms with Gasteiger partial charge in [-0.1, -0.05) is 12.1 Å². The van der Waals surface area contributed by atoms with Gasteiger partial charge in [-0.15, -0.1) is 11.8 Å². The van der Waals surface area contributed by atoms with Crippen LogP contribution in [0.2, 0.25) is 0 Å². The molecule has 0 spiro atoms. The number of rotatable bonds is 5. The SMILES string of the molecule is CC(Sc1ccc(CC(=O)O)cc1)C(N)=O. The van der Waals surface area contributed by atoms with Gasteiger partial charge < -0.3 is 10.8 Å². The number of carboxylic acids is 1. The van der Waals surface area contributed by atoms with Gasteiger partial charge in [-0.05, 0) is 24.6 Å². The maximum absolute atomic E-state index is 10.8. The zero-order chi connectivity index (χ0) is 12.1. The Labute approximate surface area is 97.8 Å². The van der Waals surface area contributed by atoms with Crippen LogP contribution in [0.4, 0.5) is 0 Å². The molecule has 16 heavy (non-hydrogen) atoms. The second-order valence-corrected chi connectivity index (χ2v) is 4.79. The minimum Gasteiger partial charge on any atom is -0.481 e. The van der Waals surface area contributed by atoms with E-state index in [0.717, 1.165) is 10.5 Å². The lowest BCUT2D eigenvalue weighted by atomic mass is 10.2. The lowest BCUT2D eigenvalue weighted by Crippen LogP contribution is -2.22. The van der Waals surface area contributed by atoms with E-state index in [1.807, 2.05) is 0 Å². The fourth-order valence-electron chi connectivity index (χ4n) is 1.12. The fourth-order valence-corrected chi connectivity index (χ4v) is 1.94. The Morgan fingerprint density at radius 1 is 1.38 bits per heavy atom. The van der Waals surface area contributed by atoms with Crippen molar-refractivity contribution in [3.63, 3.8) is 0 Å². The number of primary amides is 1. The van der Waals surface area contributed by atoms with Crippen LogP contribution >= 0.6 is 11.8 Å². The van der Waals surface area contributed by atoms with Crippen LogP contribution in [-0.4, -0.2) is 22.2 Å². The molecule has 0 saturated heterocycles. The van der Waals surface area contributed by atoms with Crippen molar-refractivity contribution in [3.05, 3.63) is 29.8 Å². The van der Waals surface area contributed by atoms with Gasteiger partial charge in [0.15, 0.2) is 0 Å². The van der Waals surface area contributed by atoms with E-state index in [2.05, 4.69) is 0 Å². The molecule has 0 aliphatic carbocycles. The summed E-state index contributed by atoms with van der Waals surface area (Å²) >= 11 is 1.36. The number of carbonyl (C=O) groups excluding carboxylic acids is 1. The normalized spacial score (nSPS) is 12.1. The summed E-state index contributed by atoms with van der Waals surface area (Å²) in [5, 5.41) is 8.30. The molecule has 0 saturated carbocycles. The molecular formula is C11H13NO3S. The number of aliphatic carboxylic acids is 1. The molecule has 0 fully saturated rings. The summed E-state index contributed by atoms with van der Waals surface area (Å²) in [6, 6.07) is 7.07. The lowest BCUT2D eigenvalue weighted by Gasteiger charge is -2.07. The molecule has 86 valence electrons. The smallest absolute Gasteiger partial charge is 0.307 e. The van der Waals surface area contributed by atoms with Gasteiger partial charge in [0, 0.05) is 4.90 Å². The Hall–Kier alpha value is -1.49. The highest BCUT2D eigenvalue weighted by Gasteiger charge is 2.10. The van der Waals surface area contributed by atoms with Crippen LogP contribution in [0.15, 0.2) is 29.2 Å². The van der Waals surface area contributed by atoms with Crippen LogP contribution < -0.4 is 5.73 Å². The Kier molecular flexibility index (Phi) is 4.37. The number of hydrogen-bond acceptors (Lipinski definition) is 3. The molecule has 0 aliphatic rings. The molecule has 4 nitrogen and oxygen atoms in total. The van der Waals surface area contributed by atoms with E-state index < -0.39 is 5.97 Å². The number of amides is 1. The van der Waals surface area contributed by atoms with E-state index >= 15 is 0 Å². The predicted octanol–water partition coefficient (Wildman–Crippen LogP) is 1.28. The zero-order valence-corrected chi connectivity index (χ0v) is 9.66. The number of carbonyl (C=O) groups is 2. The van der Waals surface area contributed by atoms with E-state index in [0.29, 0.717) is 0 Å². The highest BCUT2D eigenvalue weighted by molar-refractivity contribution is 8.00. The van der Waals surface area contributed by atoms with Crippen LogP contribution in [0.5, 0.6) is 0 Å². The third-order valence-corrected chi connectivity index (χ3v) is 3.12. The van der Waals surface area contributed by atoms with Gasteiger partial charge in [-0.3, -0.25) is 9.59 Å². The van der Waals surface area contributed by atoms with Gasteiger partial charge in [0.1, 0.15) is 0 Å². The standard InChI is InChI=1S/C11H13NO3S/c1-7(11(12)15)16-9-4-2-8(3-5-9)6-10(13)14/h2-5,7H,6H2,1H3,(H2,12,15)(H,13,14). The molecule has 1 amide bonds.